The number of thioether (sulfide) groups is 1. The summed E-state index contributed by atoms with van der Waals surface area (Å²) in [5.74, 6) is -5.04. The highest BCUT2D eigenvalue weighted by Crippen LogP contribution is 2.45. The third-order valence-electron chi connectivity index (χ3n) is 2.60. The van der Waals surface area contributed by atoms with Crippen LogP contribution in [0, 0.1) is 0 Å². The van der Waals surface area contributed by atoms with Gasteiger partial charge in [0.25, 0.3) is 0 Å². The van der Waals surface area contributed by atoms with Crippen LogP contribution in [0.25, 0.3) is 0 Å². The van der Waals surface area contributed by atoms with E-state index in [1.165, 1.54) is 25.6 Å². The van der Waals surface area contributed by atoms with Crippen LogP contribution in [-0.4, -0.2) is 40.2 Å². The van der Waals surface area contributed by atoms with E-state index in [0.29, 0.717) is 5.75 Å². The monoisotopic (exact) mass is 240 g/mol. The van der Waals surface area contributed by atoms with Crippen LogP contribution in [0.5, 0.6) is 0 Å². The highest BCUT2D eigenvalue weighted by atomic mass is 32.2. The maximum atomic E-state index is 13.6. The molecule has 15 heavy (non-hydrogen) atoms. The Hall–Kier alpha value is -0.360. The molecule has 6 heteroatoms. The van der Waals surface area contributed by atoms with Crippen molar-refractivity contribution in [2.75, 3.05) is 12.4 Å². The predicted molar refractivity (Wildman–Crippen MR) is 53.1 cm³/mol. The first-order chi connectivity index (χ1) is 6.86. The van der Waals surface area contributed by atoms with Crippen LogP contribution in [0.2, 0.25) is 0 Å². The summed E-state index contributed by atoms with van der Waals surface area (Å²) >= 11 is 1.23. The molecule has 1 aliphatic heterocycles. The molecule has 0 spiro atoms. The van der Waals surface area contributed by atoms with Crippen LogP contribution >= 0.6 is 11.8 Å². The zero-order chi connectivity index (χ0) is 11.7. The molecule has 1 heterocycles. The van der Waals surface area contributed by atoms with E-state index in [1.807, 2.05) is 0 Å². The molecule has 2 unspecified atom stereocenters. The van der Waals surface area contributed by atoms with E-state index in [0.717, 1.165) is 0 Å². The quantitative estimate of drug-likeness (QED) is 0.758. The normalized spacial score (nSPS) is 31.7. The van der Waals surface area contributed by atoms with Gasteiger partial charge in [-0.3, -0.25) is 0 Å². The van der Waals surface area contributed by atoms with Gasteiger partial charge in [-0.1, -0.05) is 6.92 Å². The number of hydrogen-bond donors (Lipinski definition) is 1. The molecular weight excluding hydrogens is 226 g/mol. The Kier molecular flexibility index (Phi) is 3.60. The Balaban J connectivity index is 2.88. The Morgan fingerprint density at radius 1 is 1.73 bits per heavy atom. The molecule has 0 bridgehead atoms. The topological polar surface area (TPSA) is 46.5 Å². The molecule has 1 aliphatic rings. The van der Waals surface area contributed by atoms with Crippen molar-refractivity contribution in [1.82, 2.24) is 0 Å². The number of carbonyl (C=O) groups excluding carboxylic acids is 1. The fraction of sp³-hybridized carbons (Fsp3) is 0.889. The largest absolute Gasteiger partial charge is 0.461 e. The first-order valence-corrected chi connectivity index (χ1v) is 5.80. The van der Waals surface area contributed by atoms with E-state index in [-0.39, 0.29) is 13.0 Å². The highest BCUT2D eigenvalue weighted by molar-refractivity contribution is 8.00. The zero-order valence-electron chi connectivity index (χ0n) is 8.63. The summed E-state index contributed by atoms with van der Waals surface area (Å²) in [6.45, 7) is 2.82. The van der Waals surface area contributed by atoms with Crippen LogP contribution in [0.4, 0.5) is 8.78 Å². The minimum Gasteiger partial charge on any atom is -0.461 e. The summed E-state index contributed by atoms with van der Waals surface area (Å²) in [6, 6.07) is 0. The van der Waals surface area contributed by atoms with Gasteiger partial charge in [0.05, 0.1) is 6.61 Å². The molecule has 0 saturated carbocycles. The third kappa shape index (κ3) is 1.97. The molecule has 1 saturated heterocycles. The van der Waals surface area contributed by atoms with Crippen molar-refractivity contribution in [2.24, 2.45) is 0 Å². The number of hydrogen-bond acceptors (Lipinski definition) is 4. The number of carbonyl (C=O) groups is 1. The molecule has 2 atom stereocenters. The molecular formula is C9H14F2O3S. The summed E-state index contributed by atoms with van der Waals surface area (Å²) in [6.07, 6.45) is -0.0926. The van der Waals surface area contributed by atoms with Gasteiger partial charge in [-0.2, -0.15) is 20.5 Å². The van der Waals surface area contributed by atoms with E-state index in [9.17, 15) is 18.7 Å². The molecule has 0 aromatic heterocycles. The number of halogens is 2. The van der Waals surface area contributed by atoms with Gasteiger partial charge in [0.15, 0.2) is 5.60 Å². The summed E-state index contributed by atoms with van der Waals surface area (Å²) < 4.78 is 31.5. The van der Waals surface area contributed by atoms with Crippen molar-refractivity contribution in [3.05, 3.63) is 0 Å². The van der Waals surface area contributed by atoms with Crippen LogP contribution < -0.4 is 0 Å². The number of rotatable bonds is 3. The smallest absolute Gasteiger partial charge is 0.380 e. The van der Waals surface area contributed by atoms with Gasteiger partial charge in [-0.25, -0.2) is 4.79 Å². The summed E-state index contributed by atoms with van der Waals surface area (Å²) in [5, 5.41) is 9.14. The van der Waals surface area contributed by atoms with Gasteiger partial charge in [-0.05, 0) is 19.1 Å². The third-order valence-corrected chi connectivity index (χ3v) is 3.93. The Morgan fingerprint density at radius 3 is 2.73 bits per heavy atom. The molecule has 0 radical (unpaired) electrons. The van der Waals surface area contributed by atoms with Crippen molar-refractivity contribution >= 4 is 17.7 Å². The van der Waals surface area contributed by atoms with Crippen LogP contribution in [0.15, 0.2) is 0 Å². The molecule has 1 rings (SSSR count). The predicted octanol–water partition coefficient (Wildman–Crippen LogP) is 1.44. The molecule has 3 nitrogen and oxygen atoms in total. The second-order valence-corrected chi connectivity index (χ2v) is 4.93. The van der Waals surface area contributed by atoms with Crippen LogP contribution in [0.1, 0.15) is 20.3 Å². The van der Waals surface area contributed by atoms with Crippen molar-refractivity contribution in [3.63, 3.8) is 0 Å². The number of aliphatic hydroxyl groups is 1. The molecule has 0 aromatic rings. The maximum absolute atomic E-state index is 13.6. The van der Waals surface area contributed by atoms with Crippen molar-refractivity contribution in [2.45, 2.75) is 37.0 Å². The number of alkyl halides is 2. The molecule has 88 valence electrons. The second kappa shape index (κ2) is 4.25. The Labute approximate surface area is 91.2 Å². The summed E-state index contributed by atoms with van der Waals surface area (Å²) in [4.78, 5) is 11.1. The SMILES string of the molecule is CCOC(=O)C(F)(F)C1(O)CCSC1C. The lowest BCUT2D eigenvalue weighted by atomic mass is 9.89. The second-order valence-electron chi connectivity index (χ2n) is 3.48. The zero-order valence-corrected chi connectivity index (χ0v) is 9.44. The standard InChI is InChI=1S/C9H14F2O3S/c1-3-14-7(12)9(10,11)8(13)4-5-15-6(8)2/h6,13H,3-5H2,1-2H3. The van der Waals surface area contributed by atoms with Gasteiger partial charge in [0, 0.05) is 5.25 Å². The van der Waals surface area contributed by atoms with Gasteiger partial charge < -0.3 is 9.84 Å². The molecule has 0 amide bonds. The minimum absolute atomic E-state index is 0.0926. The van der Waals surface area contributed by atoms with Crippen molar-refractivity contribution in [1.29, 1.82) is 0 Å². The maximum Gasteiger partial charge on any atom is 0.380 e. The highest BCUT2D eigenvalue weighted by Gasteiger charge is 2.63. The van der Waals surface area contributed by atoms with Gasteiger partial charge >= 0.3 is 11.9 Å². The molecule has 0 aromatic carbocycles. The molecule has 1 fully saturated rings. The van der Waals surface area contributed by atoms with Gasteiger partial charge in [0.1, 0.15) is 0 Å². The van der Waals surface area contributed by atoms with E-state index in [4.69, 9.17) is 0 Å². The van der Waals surface area contributed by atoms with E-state index in [2.05, 4.69) is 4.74 Å². The number of ether oxygens (including phenoxy) is 1. The summed E-state index contributed by atoms with van der Waals surface area (Å²) in [5.41, 5.74) is -2.27. The average Bonchev–Trinajstić information content (AvgIpc) is 2.49. The van der Waals surface area contributed by atoms with E-state index in [1.54, 1.807) is 0 Å². The Bertz CT molecular complexity index is 260. The first-order valence-electron chi connectivity index (χ1n) is 4.75. The first kappa shape index (κ1) is 12.7. The van der Waals surface area contributed by atoms with Gasteiger partial charge in [-0.15, -0.1) is 0 Å². The lowest BCUT2D eigenvalue weighted by molar-refractivity contribution is -0.211. The van der Waals surface area contributed by atoms with Crippen molar-refractivity contribution < 1.29 is 23.4 Å². The minimum atomic E-state index is -3.83. The van der Waals surface area contributed by atoms with E-state index >= 15 is 0 Å². The summed E-state index contributed by atoms with van der Waals surface area (Å²) in [7, 11) is 0. The lowest BCUT2D eigenvalue weighted by Crippen LogP contribution is -2.57. The molecule has 1 N–H and O–H groups in total. The Morgan fingerprint density at radius 2 is 2.33 bits per heavy atom. The van der Waals surface area contributed by atoms with Crippen LogP contribution in [-0.2, 0) is 9.53 Å². The number of esters is 1. The van der Waals surface area contributed by atoms with Gasteiger partial charge in [0.2, 0.25) is 0 Å². The van der Waals surface area contributed by atoms with Crippen molar-refractivity contribution in [3.8, 4) is 0 Å². The fourth-order valence-corrected chi connectivity index (χ4v) is 2.87. The average molecular weight is 240 g/mol. The lowest BCUT2D eigenvalue weighted by Gasteiger charge is -2.33. The molecule has 0 aliphatic carbocycles. The van der Waals surface area contributed by atoms with Crippen LogP contribution in [0.3, 0.4) is 0 Å². The fourth-order valence-electron chi connectivity index (χ4n) is 1.54. The van der Waals surface area contributed by atoms with E-state index < -0.39 is 22.7 Å².